The molecule has 1 heterocycles. The third kappa shape index (κ3) is 6.03. The Hall–Kier alpha value is -0.610. The van der Waals surface area contributed by atoms with Gasteiger partial charge in [0.25, 0.3) is 0 Å². The van der Waals surface area contributed by atoms with Crippen molar-refractivity contribution in [3.63, 3.8) is 0 Å². The van der Waals surface area contributed by atoms with Crippen LogP contribution in [-0.4, -0.2) is 37.4 Å². The van der Waals surface area contributed by atoms with E-state index in [-0.39, 0.29) is 11.6 Å². The SMILES string of the molecule is CCOC(=O)CCCNC1CCOC(C)(C)C1. The summed E-state index contributed by atoms with van der Waals surface area (Å²) in [6, 6.07) is 0.515. The summed E-state index contributed by atoms with van der Waals surface area (Å²) in [4.78, 5) is 11.1. The van der Waals surface area contributed by atoms with Gasteiger partial charge in [-0.2, -0.15) is 0 Å². The molecule has 1 N–H and O–H groups in total. The van der Waals surface area contributed by atoms with Crippen molar-refractivity contribution >= 4 is 5.97 Å². The van der Waals surface area contributed by atoms with Gasteiger partial charge in [-0.1, -0.05) is 0 Å². The maximum atomic E-state index is 11.1. The summed E-state index contributed by atoms with van der Waals surface area (Å²) in [5, 5.41) is 3.49. The van der Waals surface area contributed by atoms with Gasteiger partial charge in [0.15, 0.2) is 0 Å². The predicted molar refractivity (Wildman–Crippen MR) is 66.9 cm³/mol. The molecule has 0 aromatic heterocycles. The van der Waals surface area contributed by atoms with E-state index < -0.39 is 0 Å². The van der Waals surface area contributed by atoms with E-state index in [1.807, 2.05) is 6.92 Å². The average Bonchev–Trinajstić information content (AvgIpc) is 2.23. The van der Waals surface area contributed by atoms with Crippen molar-refractivity contribution in [3.8, 4) is 0 Å². The minimum absolute atomic E-state index is 0.0168. The van der Waals surface area contributed by atoms with Crippen molar-refractivity contribution in [2.24, 2.45) is 0 Å². The molecule has 1 fully saturated rings. The normalized spacial score (nSPS) is 23.4. The highest BCUT2D eigenvalue weighted by Gasteiger charge is 2.28. The first-order chi connectivity index (χ1) is 8.03. The van der Waals surface area contributed by atoms with Crippen LogP contribution in [0.15, 0.2) is 0 Å². The van der Waals surface area contributed by atoms with Gasteiger partial charge < -0.3 is 14.8 Å². The number of esters is 1. The Balaban J connectivity index is 2.08. The number of carbonyl (C=O) groups is 1. The fourth-order valence-electron chi connectivity index (χ4n) is 2.18. The lowest BCUT2D eigenvalue weighted by molar-refractivity contribution is -0.143. The molecule has 1 unspecified atom stereocenters. The van der Waals surface area contributed by atoms with Crippen LogP contribution in [0.2, 0.25) is 0 Å². The van der Waals surface area contributed by atoms with Crippen LogP contribution >= 0.6 is 0 Å². The summed E-state index contributed by atoms with van der Waals surface area (Å²) in [6.45, 7) is 8.25. The largest absolute Gasteiger partial charge is 0.466 e. The van der Waals surface area contributed by atoms with Crippen molar-refractivity contribution in [2.75, 3.05) is 19.8 Å². The van der Waals surface area contributed by atoms with Gasteiger partial charge in [0.2, 0.25) is 0 Å². The van der Waals surface area contributed by atoms with E-state index in [0.29, 0.717) is 19.1 Å². The van der Waals surface area contributed by atoms with Crippen LogP contribution in [0.25, 0.3) is 0 Å². The Labute approximate surface area is 104 Å². The topological polar surface area (TPSA) is 47.6 Å². The summed E-state index contributed by atoms with van der Waals surface area (Å²) in [7, 11) is 0. The Kier molecular flexibility index (Phi) is 5.92. The van der Waals surface area contributed by atoms with Crippen molar-refractivity contribution in [2.45, 2.75) is 58.1 Å². The van der Waals surface area contributed by atoms with Crippen LogP contribution in [0.5, 0.6) is 0 Å². The minimum atomic E-state index is -0.0957. The molecular formula is C13H25NO3. The quantitative estimate of drug-likeness (QED) is 0.571. The molecule has 17 heavy (non-hydrogen) atoms. The van der Waals surface area contributed by atoms with E-state index in [1.165, 1.54) is 0 Å². The van der Waals surface area contributed by atoms with Crippen molar-refractivity contribution in [3.05, 3.63) is 0 Å². The minimum Gasteiger partial charge on any atom is -0.466 e. The maximum Gasteiger partial charge on any atom is 0.305 e. The monoisotopic (exact) mass is 243 g/mol. The Morgan fingerprint density at radius 3 is 2.94 bits per heavy atom. The second-order valence-electron chi connectivity index (χ2n) is 5.16. The fourth-order valence-corrected chi connectivity index (χ4v) is 2.18. The van der Waals surface area contributed by atoms with Crippen molar-refractivity contribution < 1.29 is 14.3 Å². The lowest BCUT2D eigenvalue weighted by atomic mass is 9.94. The first-order valence-corrected chi connectivity index (χ1v) is 6.56. The van der Waals surface area contributed by atoms with Crippen molar-refractivity contribution in [1.82, 2.24) is 5.32 Å². The molecule has 4 nitrogen and oxygen atoms in total. The third-order valence-corrected chi connectivity index (χ3v) is 2.99. The maximum absolute atomic E-state index is 11.1. The number of carbonyl (C=O) groups excluding carboxylic acids is 1. The highest BCUT2D eigenvalue weighted by atomic mass is 16.5. The number of hydrogen-bond donors (Lipinski definition) is 1. The van der Waals surface area contributed by atoms with Crippen LogP contribution in [0, 0.1) is 0 Å². The highest BCUT2D eigenvalue weighted by molar-refractivity contribution is 5.69. The molecule has 1 aliphatic heterocycles. The summed E-state index contributed by atoms with van der Waals surface area (Å²) < 4.78 is 10.5. The first-order valence-electron chi connectivity index (χ1n) is 6.56. The number of nitrogens with one attached hydrogen (secondary N) is 1. The van der Waals surface area contributed by atoms with E-state index in [1.54, 1.807) is 0 Å². The summed E-state index contributed by atoms with van der Waals surface area (Å²) >= 11 is 0. The van der Waals surface area contributed by atoms with Gasteiger partial charge in [-0.05, 0) is 46.6 Å². The van der Waals surface area contributed by atoms with Crippen LogP contribution in [-0.2, 0) is 14.3 Å². The molecule has 0 saturated carbocycles. The fraction of sp³-hybridized carbons (Fsp3) is 0.923. The lowest BCUT2D eigenvalue weighted by Crippen LogP contribution is -2.44. The van der Waals surface area contributed by atoms with Crippen LogP contribution in [0.1, 0.15) is 46.5 Å². The molecule has 0 spiro atoms. The number of ether oxygens (including phenoxy) is 2. The second-order valence-corrected chi connectivity index (χ2v) is 5.16. The van der Waals surface area contributed by atoms with E-state index in [9.17, 15) is 4.79 Å². The summed E-state index contributed by atoms with van der Waals surface area (Å²) in [5.74, 6) is -0.0957. The highest BCUT2D eigenvalue weighted by Crippen LogP contribution is 2.23. The van der Waals surface area contributed by atoms with Crippen molar-refractivity contribution in [1.29, 1.82) is 0 Å². The van der Waals surface area contributed by atoms with E-state index in [2.05, 4.69) is 19.2 Å². The lowest BCUT2D eigenvalue weighted by Gasteiger charge is -2.36. The number of rotatable bonds is 6. The summed E-state index contributed by atoms with van der Waals surface area (Å²) in [6.07, 6.45) is 3.44. The molecule has 0 aromatic rings. The molecule has 0 radical (unpaired) electrons. The molecule has 0 amide bonds. The molecule has 0 bridgehead atoms. The van der Waals surface area contributed by atoms with Crippen LogP contribution in [0.4, 0.5) is 0 Å². The van der Waals surface area contributed by atoms with Crippen LogP contribution in [0.3, 0.4) is 0 Å². The summed E-state index contributed by atoms with van der Waals surface area (Å²) in [5.41, 5.74) is -0.0168. The first kappa shape index (κ1) is 14.5. The number of hydrogen-bond acceptors (Lipinski definition) is 4. The smallest absolute Gasteiger partial charge is 0.305 e. The third-order valence-electron chi connectivity index (χ3n) is 2.99. The van der Waals surface area contributed by atoms with Gasteiger partial charge in [-0.15, -0.1) is 0 Å². The van der Waals surface area contributed by atoms with Gasteiger partial charge >= 0.3 is 5.97 Å². The Bertz CT molecular complexity index is 241. The van der Waals surface area contributed by atoms with E-state index >= 15 is 0 Å². The molecule has 0 aliphatic carbocycles. The van der Waals surface area contributed by atoms with E-state index in [0.717, 1.165) is 32.4 Å². The van der Waals surface area contributed by atoms with Gasteiger partial charge in [-0.3, -0.25) is 4.79 Å². The van der Waals surface area contributed by atoms with Crippen LogP contribution < -0.4 is 5.32 Å². The molecule has 1 saturated heterocycles. The predicted octanol–water partition coefficient (Wildman–Crippen LogP) is 1.88. The Morgan fingerprint density at radius 1 is 1.53 bits per heavy atom. The molecule has 1 aliphatic rings. The van der Waals surface area contributed by atoms with Gasteiger partial charge in [0.05, 0.1) is 12.2 Å². The average molecular weight is 243 g/mol. The van der Waals surface area contributed by atoms with E-state index in [4.69, 9.17) is 9.47 Å². The van der Waals surface area contributed by atoms with Gasteiger partial charge in [-0.25, -0.2) is 0 Å². The second kappa shape index (κ2) is 6.97. The Morgan fingerprint density at radius 2 is 2.29 bits per heavy atom. The zero-order valence-corrected chi connectivity index (χ0v) is 11.3. The zero-order valence-electron chi connectivity index (χ0n) is 11.3. The molecule has 0 aromatic carbocycles. The molecule has 1 rings (SSSR count). The molecule has 1 atom stereocenters. The molecule has 4 heteroatoms. The molecular weight excluding hydrogens is 218 g/mol. The molecule has 100 valence electrons. The van der Waals surface area contributed by atoms with Gasteiger partial charge in [0.1, 0.15) is 0 Å². The standard InChI is InChI=1S/C13H25NO3/c1-4-16-12(15)6-5-8-14-11-7-9-17-13(2,3)10-11/h11,14H,4-10H2,1-3H3. The van der Waals surface area contributed by atoms with Gasteiger partial charge in [0, 0.05) is 19.1 Å². The zero-order chi connectivity index (χ0) is 12.7.